The van der Waals surface area contributed by atoms with Crippen molar-refractivity contribution < 1.29 is 23.4 Å². The first-order chi connectivity index (χ1) is 14.8. The average Bonchev–Trinajstić information content (AvgIpc) is 3.10. The molecule has 2 aromatic carbocycles. The van der Waals surface area contributed by atoms with Crippen LogP contribution in [0.2, 0.25) is 5.02 Å². The van der Waals surface area contributed by atoms with Gasteiger partial charge in [-0.25, -0.2) is 8.78 Å². The molecule has 0 spiro atoms. The van der Waals surface area contributed by atoms with Gasteiger partial charge in [-0.1, -0.05) is 29.8 Å². The highest BCUT2D eigenvalue weighted by Crippen LogP contribution is 2.37. The number of aliphatic carboxylic acids is 1. The molecule has 0 fully saturated rings. The molecule has 0 radical (unpaired) electrons. The van der Waals surface area contributed by atoms with E-state index >= 15 is 0 Å². The van der Waals surface area contributed by atoms with E-state index in [1.54, 1.807) is 30.5 Å². The lowest BCUT2D eigenvalue weighted by Crippen LogP contribution is -2.25. The third kappa shape index (κ3) is 4.44. The van der Waals surface area contributed by atoms with E-state index < -0.39 is 25.5 Å². The Kier molecular flexibility index (Phi) is 5.73. The maximum Gasteiger partial charge on any atom is 0.323 e. The van der Waals surface area contributed by atoms with Crippen LogP contribution in [0.25, 0.3) is 10.8 Å². The Bertz CT molecular complexity index is 1270. The molecular formula is C22H17ClF2N2O4. The van der Waals surface area contributed by atoms with Crippen molar-refractivity contribution in [2.45, 2.75) is 25.8 Å². The average molecular weight is 447 g/mol. The lowest BCUT2D eigenvalue weighted by molar-refractivity contribution is -0.137. The Balaban J connectivity index is 1.65. The summed E-state index contributed by atoms with van der Waals surface area (Å²) in [6.07, 6.45) is -0.205. The van der Waals surface area contributed by atoms with E-state index in [0.717, 1.165) is 22.2 Å². The summed E-state index contributed by atoms with van der Waals surface area (Å²) in [4.78, 5) is 28.4. The van der Waals surface area contributed by atoms with Gasteiger partial charge < -0.3 is 14.4 Å². The van der Waals surface area contributed by atoms with Crippen molar-refractivity contribution in [1.82, 2.24) is 4.57 Å². The second-order valence-corrected chi connectivity index (χ2v) is 7.58. The number of nitrogens with zero attached hydrogens (tertiary/aromatic N) is 2. The zero-order valence-corrected chi connectivity index (χ0v) is 16.9. The fourth-order valence-electron chi connectivity index (χ4n) is 3.67. The molecule has 1 aromatic heterocycles. The molecular weight excluding hydrogens is 430 g/mol. The Labute approximate surface area is 180 Å². The molecule has 4 rings (SSSR count). The fraction of sp³-hybridized carbons (Fsp3) is 0.227. The normalized spacial score (nSPS) is 12.8. The number of halogens is 3. The Morgan fingerprint density at radius 1 is 1.26 bits per heavy atom. The van der Waals surface area contributed by atoms with Gasteiger partial charge in [0, 0.05) is 30.1 Å². The SMILES string of the molecule is O=C(O)Cn1cc(CC2=Nc3cc(Cl)c(OCC(F)F)cc3C2)c2ccccc2c1=O. The number of rotatable bonds is 7. The smallest absolute Gasteiger partial charge is 0.323 e. The third-order valence-corrected chi connectivity index (χ3v) is 5.24. The number of ether oxygens (including phenoxy) is 1. The molecule has 0 amide bonds. The minimum absolute atomic E-state index is 0.178. The van der Waals surface area contributed by atoms with Crippen molar-refractivity contribution in [1.29, 1.82) is 0 Å². The lowest BCUT2D eigenvalue weighted by atomic mass is 10.00. The number of fused-ring (bicyclic) bond motifs is 2. The van der Waals surface area contributed by atoms with Crippen LogP contribution in [0.5, 0.6) is 5.75 Å². The van der Waals surface area contributed by atoms with Gasteiger partial charge in [-0.05, 0) is 34.7 Å². The quantitative estimate of drug-likeness (QED) is 0.588. The lowest BCUT2D eigenvalue weighted by Gasteiger charge is -2.11. The summed E-state index contributed by atoms with van der Waals surface area (Å²) >= 11 is 6.13. The highest BCUT2D eigenvalue weighted by Gasteiger charge is 2.20. The molecule has 31 heavy (non-hydrogen) atoms. The van der Waals surface area contributed by atoms with Crippen LogP contribution in [-0.4, -0.2) is 34.4 Å². The van der Waals surface area contributed by atoms with Crippen LogP contribution >= 0.6 is 11.6 Å². The molecule has 1 aliphatic rings. The van der Waals surface area contributed by atoms with Gasteiger partial charge in [0.2, 0.25) is 0 Å². The van der Waals surface area contributed by atoms with Gasteiger partial charge in [-0.15, -0.1) is 0 Å². The van der Waals surface area contributed by atoms with Crippen molar-refractivity contribution >= 4 is 39.7 Å². The number of carboxylic acid groups (broad SMARTS) is 1. The largest absolute Gasteiger partial charge is 0.486 e. The Morgan fingerprint density at radius 3 is 2.71 bits per heavy atom. The monoisotopic (exact) mass is 446 g/mol. The number of hydrogen-bond donors (Lipinski definition) is 1. The predicted molar refractivity (Wildman–Crippen MR) is 113 cm³/mol. The molecule has 0 saturated carbocycles. The number of carbonyl (C=O) groups is 1. The molecule has 9 heteroatoms. The minimum Gasteiger partial charge on any atom is -0.486 e. The van der Waals surface area contributed by atoms with E-state index in [1.807, 2.05) is 12.1 Å². The van der Waals surface area contributed by atoms with Gasteiger partial charge in [-0.3, -0.25) is 14.6 Å². The zero-order chi connectivity index (χ0) is 22.1. The van der Waals surface area contributed by atoms with Crippen molar-refractivity contribution in [2.24, 2.45) is 4.99 Å². The van der Waals surface area contributed by atoms with Gasteiger partial charge in [0.25, 0.3) is 12.0 Å². The summed E-state index contributed by atoms with van der Waals surface area (Å²) in [5.41, 5.74) is 2.61. The number of carboxylic acids is 1. The van der Waals surface area contributed by atoms with E-state index in [0.29, 0.717) is 23.9 Å². The number of aromatic nitrogens is 1. The highest BCUT2D eigenvalue weighted by molar-refractivity contribution is 6.32. The van der Waals surface area contributed by atoms with Crippen LogP contribution < -0.4 is 10.3 Å². The van der Waals surface area contributed by atoms with Crippen LogP contribution in [-0.2, 0) is 24.2 Å². The maximum atomic E-state index is 12.6. The zero-order valence-electron chi connectivity index (χ0n) is 16.1. The predicted octanol–water partition coefficient (Wildman–Crippen LogP) is 4.25. The van der Waals surface area contributed by atoms with E-state index in [-0.39, 0.29) is 16.3 Å². The second-order valence-electron chi connectivity index (χ2n) is 7.17. The standard InChI is InChI=1S/C22H17ClF2N2O4/c23-17-8-18-12(7-19(17)31-11-20(24)25)5-14(26-18)6-13-9-27(10-21(28)29)22(30)16-4-2-1-3-15(13)16/h1-4,7-9,20H,5-6,10-11H2,(H,28,29). The second kappa shape index (κ2) is 8.47. The maximum absolute atomic E-state index is 12.6. The van der Waals surface area contributed by atoms with Crippen molar-refractivity contribution in [3.63, 3.8) is 0 Å². The first-order valence-electron chi connectivity index (χ1n) is 9.44. The van der Waals surface area contributed by atoms with Gasteiger partial charge in [-0.2, -0.15) is 0 Å². The van der Waals surface area contributed by atoms with E-state index in [9.17, 15) is 18.4 Å². The Hall–Kier alpha value is -3.26. The molecule has 1 N–H and O–H groups in total. The van der Waals surface area contributed by atoms with Crippen molar-refractivity contribution in [3.05, 3.63) is 69.1 Å². The fourth-order valence-corrected chi connectivity index (χ4v) is 3.88. The van der Waals surface area contributed by atoms with Crippen LogP contribution in [0, 0.1) is 0 Å². The van der Waals surface area contributed by atoms with Crippen LogP contribution in [0.1, 0.15) is 11.1 Å². The molecule has 1 aliphatic heterocycles. The van der Waals surface area contributed by atoms with Crippen LogP contribution in [0.15, 0.2) is 52.4 Å². The minimum atomic E-state index is -2.61. The van der Waals surface area contributed by atoms with Crippen LogP contribution in [0.3, 0.4) is 0 Å². The number of pyridine rings is 1. The summed E-state index contributed by atoms with van der Waals surface area (Å²) in [5.74, 6) is -0.933. The van der Waals surface area contributed by atoms with E-state index in [1.165, 1.54) is 4.57 Å². The molecule has 0 bridgehead atoms. The molecule has 0 saturated heterocycles. The number of alkyl halides is 2. The molecule has 6 nitrogen and oxygen atoms in total. The van der Waals surface area contributed by atoms with Crippen molar-refractivity contribution in [2.75, 3.05) is 6.61 Å². The third-order valence-electron chi connectivity index (χ3n) is 4.95. The molecule has 0 unspecified atom stereocenters. The van der Waals surface area contributed by atoms with Gasteiger partial charge >= 0.3 is 5.97 Å². The van der Waals surface area contributed by atoms with Gasteiger partial charge in [0.05, 0.1) is 10.7 Å². The van der Waals surface area contributed by atoms with Crippen LogP contribution in [0.4, 0.5) is 14.5 Å². The molecule has 2 heterocycles. The summed E-state index contributed by atoms with van der Waals surface area (Å²) in [7, 11) is 0. The summed E-state index contributed by atoms with van der Waals surface area (Å²) in [6, 6.07) is 10.2. The Morgan fingerprint density at radius 2 is 2.00 bits per heavy atom. The van der Waals surface area contributed by atoms with Gasteiger partial charge in [0.1, 0.15) is 18.9 Å². The summed E-state index contributed by atoms with van der Waals surface area (Å²) < 4.78 is 31.1. The summed E-state index contributed by atoms with van der Waals surface area (Å²) in [6.45, 7) is -1.19. The van der Waals surface area contributed by atoms with E-state index in [2.05, 4.69) is 4.99 Å². The number of hydrogen-bond acceptors (Lipinski definition) is 4. The highest BCUT2D eigenvalue weighted by atomic mass is 35.5. The molecule has 3 aromatic rings. The first-order valence-corrected chi connectivity index (χ1v) is 9.82. The summed E-state index contributed by atoms with van der Waals surface area (Å²) in [5, 5.41) is 10.5. The first kappa shape index (κ1) is 21.0. The molecule has 0 atom stereocenters. The molecule has 160 valence electrons. The molecule has 0 aliphatic carbocycles. The van der Waals surface area contributed by atoms with Crippen molar-refractivity contribution in [3.8, 4) is 5.75 Å². The topological polar surface area (TPSA) is 80.9 Å². The number of benzene rings is 2. The number of aliphatic imine (C=N–C) groups is 1. The van der Waals surface area contributed by atoms with E-state index in [4.69, 9.17) is 21.4 Å². The van der Waals surface area contributed by atoms with Gasteiger partial charge in [0.15, 0.2) is 0 Å².